The lowest BCUT2D eigenvalue weighted by molar-refractivity contribution is 0.681. The fraction of sp³-hybridized carbons (Fsp3) is 0.471. The fourth-order valence-electron chi connectivity index (χ4n) is 2.08. The summed E-state index contributed by atoms with van der Waals surface area (Å²) in [6, 6.07) is 10.5. The number of hydrogen-bond donors (Lipinski definition) is 1. The van der Waals surface area contributed by atoms with Crippen molar-refractivity contribution in [2.75, 3.05) is 6.54 Å². The monoisotopic (exact) mass is 288 g/mol. The molecule has 2 nitrogen and oxygen atoms in total. The van der Waals surface area contributed by atoms with Gasteiger partial charge in [-0.3, -0.25) is 0 Å². The summed E-state index contributed by atoms with van der Waals surface area (Å²) >= 11 is 1.86. The lowest BCUT2D eigenvalue weighted by atomic mass is 10.1. The summed E-state index contributed by atoms with van der Waals surface area (Å²) in [7, 11) is 0. The Hall–Kier alpha value is -1.19. The minimum atomic E-state index is 0.544. The zero-order valence-electron chi connectivity index (χ0n) is 12.6. The smallest absolute Gasteiger partial charge is 0.0964 e. The Kier molecular flexibility index (Phi) is 5.74. The first-order valence-corrected chi connectivity index (χ1v) is 8.33. The quantitative estimate of drug-likeness (QED) is 0.739. The lowest BCUT2D eigenvalue weighted by Gasteiger charge is -2.03. The molecule has 1 atom stereocenters. The van der Waals surface area contributed by atoms with Gasteiger partial charge in [0.1, 0.15) is 0 Å². The summed E-state index contributed by atoms with van der Waals surface area (Å²) in [5, 5.41) is 4.77. The standard InChI is InChI=1S/C17H24N2S/c1-4-11-18-12-15-16(14-9-7-6-8-10-14)19-17(20-15)13(3)5-2/h6-10,13,18H,4-5,11-12H2,1-3H3. The Morgan fingerprint density at radius 2 is 1.95 bits per heavy atom. The first-order chi connectivity index (χ1) is 9.76. The highest BCUT2D eigenvalue weighted by Gasteiger charge is 2.15. The Morgan fingerprint density at radius 1 is 1.20 bits per heavy atom. The number of rotatable bonds is 7. The van der Waals surface area contributed by atoms with Gasteiger partial charge in [-0.2, -0.15) is 0 Å². The van der Waals surface area contributed by atoms with E-state index in [1.165, 1.54) is 15.4 Å². The van der Waals surface area contributed by atoms with Crippen molar-refractivity contribution in [3.05, 3.63) is 40.2 Å². The Bertz CT molecular complexity index is 519. The van der Waals surface area contributed by atoms with E-state index in [2.05, 4.69) is 56.4 Å². The van der Waals surface area contributed by atoms with Gasteiger partial charge in [-0.1, -0.05) is 51.1 Å². The largest absolute Gasteiger partial charge is 0.312 e. The molecule has 0 saturated heterocycles. The number of nitrogens with zero attached hydrogens (tertiary/aromatic N) is 1. The van der Waals surface area contributed by atoms with Gasteiger partial charge in [-0.15, -0.1) is 11.3 Å². The molecular weight excluding hydrogens is 264 g/mol. The minimum Gasteiger partial charge on any atom is -0.312 e. The summed E-state index contributed by atoms with van der Waals surface area (Å²) in [6.07, 6.45) is 2.31. The molecule has 1 N–H and O–H groups in total. The zero-order chi connectivity index (χ0) is 14.4. The van der Waals surface area contributed by atoms with Crippen molar-refractivity contribution in [1.29, 1.82) is 0 Å². The molecule has 1 heterocycles. The van der Waals surface area contributed by atoms with Crippen molar-refractivity contribution in [3.8, 4) is 11.3 Å². The van der Waals surface area contributed by atoms with Crippen LogP contribution in [0.4, 0.5) is 0 Å². The third kappa shape index (κ3) is 3.68. The van der Waals surface area contributed by atoms with E-state index in [1.807, 2.05) is 11.3 Å². The Morgan fingerprint density at radius 3 is 2.60 bits per heavy atom. The van der Waals surface area contributed by atoms with Crippen LogP contribution in [0.25, 0.3) is 11.3 Å². The number of benzene rings is 1. The van der Waals surface area contributed by atoms with Gasteiger partial charge >= 0.3 is 0 Å². The van der Waals surface area contributed by atoms with Crippen molar-refractivity contribution < 1.29 is 0 Å². The van der Waals surface area contributed by atoms with E-state index in [0.717, 1.165) is 31.6 Å². The summed E-state index contributed by atoms with van der Waals surface area (Å²) in [5.74, 6) is 0.544. The molecule has 0 aliphatic rings. The molecule has 0 spiro atoms. The lowest BCUT2D eigenvalue weighted by Crippen LogP contribution is -2.13. The predicted molar refractivity (Wildman–Crippen MR) is 88.3 cm³/mol. The third-order valence-electron chi connectivity index (χ3n) is 3.51. The summed E-state index contributed by atoms with van der Waals surface area (Å²) in [5.41, 5.74) is 2.39. The minimum absolute atomic E-state index is 0.544. The Balaban J connectivity index is 2.29. The molecule has 0 bridgehead atoms. The number of hydrogen-bond acceptors (Lipinski definition) is 3. The average Bonchev–Trinajstić information content (AvgIpc) is 2.92. The van der Waals surface area contributed by atoms with E-state index in [4.69, 9.17) is 4.98 Å². The summed E-state index contributed by atoms with van der Waals surface area (Å²) < 4.78 is 0. The van der Waals surface area contributed by atoms with Crippen LogP contribution in [-0.4, -0.2) is 11.5 Å². The van der Waals surface area contributed by atoms with E-state index in [9.17, 15) is 0 Å². The van der Waals surface area contributed by atoms with Crippen LogP contribution in [0.3, 0.4) is 0 Å². The van der Waals surface area contributed by atoms with Crippen LogP contribution >= 0.6 is 11.3 Å². The normalized spacial score (nSPS) is 12.6. The molecule has 1 unspecified atom stereocenters. The van der Waals surface area contributed by atoms with Gasteiger partial charge < -0.3 is 5.32 Å². The molecule has 0 saturated carbocycles. The van der Waals surface area contributed by atoms with Gasteiger partial charge in [0.15, 0.2) is 0 Å². The van der Waals surface area contributed by atoms with Crippen LogP contribution in [0.1, 0.15) is 49.4 Å². The molecule has 0 radical (unpaired) electrons. The van der Waals surface area contributed by atoms with Crippen molar-refractivity contribution in [2.45, 2.75) is 46.1 Å². The van der Waals surface area contributed by atoms with E-state index >= 15 is 0 Å². The second-order valence-corrected chi connectivity index (χ2v) is 6.29. The topological polar surface area (TPSA) is 24.9 Å². The molecular formula is C17H24N2S. The van der Waals surface area contributed by atoms with Crippen LogP contribution in [0, 0.1) is 0 Å². The van der Waals surface area contributed by atoms with Gasteiger partial charge in [0, 0.05) is 22.9 Å². The molecule has 1 aromatic heterocycles. The van der Waals surface area contributed by atoms with Crippen LogP contribution in [0.5, 0.6) is 0 Å². The van der Waals surface area contributed by atoms with Gasteiger partial charge in [0.2, 0.25) is 0 Å². The number of nitrogens with one attached hydrogen (secondary N) is 1. The van der Waals surface area contributed by atoms with Crippen molar-refractivity contribution in [3.63, 3.8) is 0 Å². The molecule has 0 fully saturated rings. The molecule has 2 aromatic rings. The molecule has 0 aliphatic heterocycles. The van der Waals surface area contributed by atoms with Crippen molar-refractivity contribution in [1.82, 2.24) is 10.3 Å². The second kappa shape index (κ2) is 7.55. The van der Waals surface area contributed by atoms with E-state index in [-0.39, 0.29) is 0 Å². The van der Waals surface area contributed by atoms with Crippen LogP contribution in [-0.2, 0) is 6.54 Å². The van der Waals surface area contributed by atoms with Gasteiger partial charge in [-0.05, 0) is 19.4 Å². The molecule has 3 heteroatoms. The maximum Gasteiger partial charge on any atom is 0.0964 e. The van der Waals surface area contributed by atoms with E-state index < -0.39 is 0 Å². The molecule has 0 amide bonds. The van der Waals surface area contributed by atoms with Crippen LogP contribution in [0.2, 0.25) is 0 Å². The zero-order valence-corrected chi connectivity index (χ0v) is 13.5. The van der Waals surface area contributed by atoms with Crippen LogP contribution in [0.15, 0.2) is 30.3 Å². The Labute approximate surface area is 126 Å². The van der Waals surface area contributed by atoms with Crippen LogP contribution < -0.4 is 5.32 Å². The first kappa shape index (κ1) is 15.2. The van der Waals surface area contributed by atoms with E-state index in [1.54, 1.807) is 0 Å². The number of aromatic nitrogens is 1. The van der Waals surface area contributed by atoms with E-state index in [0.29, 0.717) is 5.92 Å². The van der Waals surface area contributed by atoms with Crippen molar-refractivity contribution in [2.24, 2.45) is 0 Å². The van der Waals surface area contributed by atoms with Crippen molar-refractivity contribution >= 4 is 11.3 Å². The molecule has 2 rings (SSSR count). The molecule has 1 aromatic carbocycles. The molecule has 108 valence electrons. The summed E-state index contributed by atoms with van der Waals surface area (Å²) in [6.45, 7) is 8.67. The summed E-state index contributed by atoms with van der Waals surface area (Å²) in [4.78, 5) is 6.27. The fourth-order valence-corrected chi connectivity index (χ4v) is 3.27. The number of thiazole rings is 1. The molecule has 0 aliphatic carbocycles. The van der Waals surface area contributed by atoms with Gasteiger partial charge in [0.25, 0.3) is 0 Å². The third-order valence-corrected chi connectivity index (χ3v) is 4.79. The second-order valence-electron chi connectivity index (χ2n) is 5.18. The SMILES string of the molecule is CCCNCc1sc(C(C)CC)nc1-c1ccccc1. The maximum atomic E-state index is 4.91. The highest BCUT2D eigenvalue weighted by molar-refractivity contribution is 7.12. The highest BCUT2D eigenvalue weighted by Crippen LogP contribution is 2.32. The predicted octanol–water partition coefficient (Wildman–Crippen LogP) is 4.82. The first-order valence-electron chi connectivity index (χ1n) is 7.52. The molecule has 20 heavy (non-hydrogen) atoms. The highest BCUT2D eigenvalue weighted by atomic mass is 32.1. The van der Waals surface area contributed by atoms with Gasteiger partial charge in [0.05, 0.1) is 10.7 Å². The van der Waals surface area contributed by atoms with Gasteiger partial charge in [-0.25, -0.2) is 4.98 Å². The average molecular weight is 288 g/mol. The maximum absolute atomic E-state index is 4.91.